The standard InChI is InChI=1S/C20H14BrN3O3/c1-12-6-8-13(9-7-12)18-23-20(27-24-18)14-4-2-3-5-15(14)22-19(25)16-10-11-17(21)26-16/h2-11H,1H3,(H,22,25). The van der Waals surface area contributed by atoms with Gasteiger partial charge in [0.2, 0.25) is 5.82 Å². The summed E-state index contributed by atoms with van der Waals surface area (Å²) in [5, 5.41) is 6.86. The van der Waals surface area contributed by atoms with Crippen molar-refractivity contribution in [3.63, 3.8) is 0 Å². The highest BCUT2D eigenvalue weighted by atomic mass is 79.9. The zero-order valence-corrected chi connectivity index (χ0v) is 15.9. The number of halogens is 1. The van der Waals surface area contributed by atoms with Crippen LogP contribution >= 0.6 is 15.9 Å². The highest BCUT2D eigenvalue weighted by Crippen LogP contribution is 2.29. The largest absolute Gasteiger partial charge is 0.444 e. The van der Waals surface area contributed by atoms with E-state index >= 15 is 0 Å². The normalized spacial score (nSPS) is 10.7. The van der Waals surface area contributed by atoms with Gasteiger partial charge in [0, 0.05) is 5.56 Å². The lowest BCUT2D eigenvalue weighted by atomic mass is 10.1. The van der Waals surface area contributed by atoms with E-state index in [4.69, 9.17) is 8.94 Å². The molecule has 2 heterocycles. The fourth-order valence-electron chi connectivity index (χ4n) is 2.55. The van der Waals surface area contributed by atoms with Crippen molar-refractivity contribution in [3.8, 4) is 22.8 Å². The van der Waals surface area contributed by atoms with Gasteiger partial charge in [-0.25, -0.2) is 0 Å². The summed E-state index contributed by atoms with van der Waals surface area (Å²) < 4.78 is 11.2. The summed E-state index contributed by atoms with van der Waals surface area (Å²) in [4.78, 5) is 16.8. The number of carbonyl (C=O) groups excluding carboxylic acids is 1. The number of nitrogens with one attached hydrogen (secondary N) is 1. The maximum absolute atomic E-state index is 12.4. The molecule has 0 saturated carbocycles. The molecule has 0 spiro atoms. The lowest BCUT2D eigenvalue weighted by Gasteiger charge is -2.06. The second kappa shape index (κ2) is 7.20. The van der Waals surface area contributed by atoms with Crippen LogP contribution in [-0.2, 0) is 0 Å². The summed E-state index contributed by atoms with van der Waals surface area (Å²) in [6.45, 7) is 2.02. The van der Waals surface area contributed by atoms with Gasteiger partial charge in [0.1, 0.15) is 0 Å². The van der Waals surface area contributed by atoms with Gasteiger partial charge >= 0.3 is 0 Å². The fourth-order valence-corrected chi connectivity index (χ4v) is 2.86. The lowest BCUT2D eigenvalue weighted by Crippen LogP contribution is -2.11. The highest BCUT2D eigenvalue weighted by Gasteiger charge is 2.17. The van der Waals surface area contributed by atoms with Crippen molar-refractivity contribution in [2.75, 3.05) is 5.32 Å². The van der Waals surface area contributed by atoms with E-state index in [9.17, 15) is 4.79 Å². The number of hydrogen-bond donors (Lipinski definition) is 1. The number of anilines is 1. The molecule has 4 aromatic rings. The second-order valence-corrected chi connectivity index (χ2v) is 6.67. The number of amides is 1. The molecule has 134 valence electrons. The number of carbonyl (C=O) groups is 1. The van der Waals surface area contributed by atoms with Gasteiger partial charge in [-0.1, -0.05) is 47.1 Å². The van der Waals surface area contributed by atoms with Crippen LogP contribution in [0, 0.1) is 6.92 Å². The Morgan fingerprint density at radius 2 is 1.81 bits per heavy atom. The lowest BCUT2D eigenvalue weighted by molar-refractivity contribution is 0.0995. The van der Waals surface area contributed by atoms with Crippen molar-refractivity contribution in [3.05, 3.63) is 76.7 Å². The predicted molar refractivity (Wildman–Crippen MR) is 104 cm³/mol. The summed E-state index contributed by atoms with van der Waals surface area (Å²) in [5.74, 6) is 0.636. The Morgan fingerprint density at radius 3 is 2.56 bits per heavy atom. The van der Waals surface area contributed by atoms with E-state index in [0.717, 1.165) is 11.1 Å². The van der Waals surface area contributed by atoms with E-state index in [2.05, 4.69) is 31.4 Å². The van der Waals surface area contributed by atoms with Gasteiger partial charge in [-0.3, -0.25) is 4.79 Å². The maximum Gasteiger partial charge on any atom is 0.291 e. The zero-order chi connectivity index (χ0) is 18.8. The smallest absolute Gasteiger partial charge is 0.291 e. The molecule has 0 aliphatic carbocycles. The number of furan rings is 1. The highest BCUT2D eigenvalue weighted by molar-refractivity contribution is 9.10. The van der Waals surface area contributed by atoms with Crippen LogP contribution in [0.25, 0.3) is 22.8 Å². The first kappa shape index (κ1) is 17.2. The minimum Gasteiger partial charge on any atom is -0.444 e. The number of rotatable bonds is 4. The van der Waals surface area contributed by atoms with Gasteiger partial charge in [-0.05, 0) is 47.1 Å². The number of aromatic nitrogens is 2. The first-order chi connectivity index (χ1) is 13.1. The minimum absolute atomic E-state index is 0.197. The Kier molecular flexibility index (Phi) is 4.60. The molecule has 2 aromatic carbocycles. The Hall–Kier alpha value is -3.19. The minimum atomic E-state index is -0.369. The number of hydrogen-bond acceptors (Lipinski definition) is 5. The number of nitrogens with zero attached hydrogens (tertiary/aromatic N) is 2. The molecule has 1 amide bonds. The van der Waals surface area contributed by atoms with Crippen LogP contribution in [0.15, 0.2) is 74.3 Å². The summed E-state index contributed by atoms with van der Waals surface area (Å²) in [6.07, 6.45) is 0. The third-order valence-corrected chi connectivity index (χ3v) is 4.36. The molecule has 0 saturated heterocycles. The van der Waals surface area contributed by atoms with Crippen molar-refractivity contribution < 1.29 is 13.7 Å². The summed E-state index contributed by atoms with van der Waals surface area (Å²) in [7, 11) is 0. The molecule has 2 aromatic heterocycles. The van der Waals surface area contributed by atoms with Crippen LogP contribution in [0.2, 0.25) is 0 Å². The predicted octanol–water partition coefficient (Wildman–Crippen LogP) is 5.32. The zero-order valence-electron chi connectivity index (χ0n) is 14.3. The van der Waals surface area contributed by atoms with E-state index in [1.807, 2.05) is 43.3 Å². The molecule has 27 heavy (non-hydrogen) atoms. The second-order valence-electron chi connectivity index (χ2n) is 5.89. The van der Waals surface area contributed by atoms with Crippen LogP contribution in [0.1, 0.15) is 16.1 Å². The summed E-state index contributed by atoms with van der Waals surface area (Å²) >= 11 is 3.19. The van der Waals surface area contributed by atoms with Crippen LogP contribution in [-0.4, -0.2) is 16.0 Å². The molecule has 0 radical (unpaired) electrons. The Balaban J connectivity index is 1.63. The molecule has 0 atom stereocenters. The molecule has 0 aliphatic rings. The Morgan fingerprint density at radius 1 is 1.04 bits per heavy atom. The van der Waals surface area contributed by atoms with Crippen molar-refractivity contribution >= 4 is 27.5 Å². The average molecular weight is 424 g/mol. The Labute approximate surface area is 163 Å². The van der Waals surface area contributed by atoms with Gasteiger partial charge < -0.3 is 14.3 Å². The Bertz CT molecular complexity index is 1100. The first-order valence-corrected chi connectivity index (χ1v) is 8.96. The number of para-hydroxylation sites is 1. The average Bonchev–Trinajstić information content (AvgIpc) is 3.32. The molecule has 7 heteroatoms. The molecule has 0 fully saturated rings. The van der Waals surface area contributed by atoms with Crippen LogP contribution in [0.5, 0.6) is 0 Å². The van der Waals surface area contributed by atoms with E-state index in [-0.39, 0.29) is 11.7 Å². The van der Waals surface area contributed by atoms with Crippen LogP contribution in [0.4, 0.5) is 5.69 Å². The van der Waals surface area contributed by atoms with Crippen molar-refractivity contribution in [2.24, 2.45) is 0 Å². The fraction of sp³-hybridized carbons (Fsp3) is 0.0500. The van der Waals surface area contributed by atoms with Gasteiger partial charge in [0.15, 0.2) is 10.4 Å². The van der Waals surface area contributed by atoms with Crippen LogP contribution in [0.3, 0.4) is 0 Å². The van der Waals surface area contributed by atoms with E-state index in [0.29, 0.717) is 27.6 Å². The quantitative estimate of drug-likeness (QED) is 0.480. The number of aryl methyl sites for hydroxylation is 1. The van der Waals surface area contributed by atoms with E-state index in [1.165, 1.54) is 0 Å². The van der Waals surface area contributed by atoms with Crippen molar-refractivity contribution in [2.45, 2.75) is 6.92 Å². The SMILES string of the molecule is Cc1ccc(-c2noc(-c3ccccc3NC(=O)c3ccc(Br)o3)n2)cc1. The van der Waals surface area contributed by atoms with E-state index < -0.39 is 0 Å². The number of benzene rings is 2. The molecule has 0 aliphatic heterocycles. The topological polar surface area (TPSA) is 81.2 Å². The molecule has 6 nitrogen and oxygen atoms in total. The molecule has 1 N–H and O–H groups in total. The monoisotopic (exact) mass is 423 g/mol. The van der Waals surface area contributed by atoms with Gasteiger partial charge in [-0.15, -0.1) is 0 Å². The third-order valence-electron chi connectivity index (χ3n) is 3.94. The van der Waals surface area contributed by atoms with E-state index in [1.54, 1.807) is 24.3 Å². The van der Waals surface area contributed by atoms with Crippen LogP contribution < -0.4 is 5.32 Å². The molecule has 0 unspecified atom stereocenters. The summed E-state index contributed by atoms with van der Waals surface area (Å²) in [5.41, 5.74) is 3.19. The maximum atomic E-state index is 12.4. The van der Waals surface area contributed by atoms with Gasteiger partial charge in [0.25, 0.3) is 11.8 Å². The summed E-state index contributed by atoms with van der Waals surface area (Å²) in [6, 6.07) is 18.3. The molecular weight excluding hydrogens is 410 g/mol. The van der Waals surface area contributed by atoms with Gasteiger partial charge in [-0.2, -0.15) is 4.98 Å². The van der Waals surface area contributed by atoms with Crippen molar-refractivity contribution in [1.29, 1.82) is 0 Å². The first-order valence-electron chi connectivity index (χ1n) is 8.17. The third kappa shape index (κ3) is 3.68. The molecule has 0 bridgehead atoms. The molecular formula is C20H14BrN3O3. The van der Waals surface area contributed by atoms with Crippen molar-refractivity contribution in [1.82, 2.24) is 10.1 Å². The van der Waals surface area contributed by atoms with Gasteiger partial charge in [0.05, 0.1) is 11.3 Å². The molecule has 4 rings (SSSR count).